The van der Waals surface area contributed by atoms with Crippen molar-refractivity contribution in [2.45, 2.75) is 59.3 Å². The van der Waals surface area contributed by atoms with Gasteiger partial charge in [0.05, 0.1) is 0 Å². The first kappa shape index (κ1) is 18.4. The molecule has 0 saturated heterocycles. The molecule has 0 aliphatic carbocycles. The number of hydrogen-bond donors (Lipinski definition) is 3. The summed E-state index contributed by atoms with van der Waals surface area (Å²) >= 11 is 0. The Morgan fingerprint density at radius 1 is 1.16 bits per heavy atom. The highest BCUT2D eigenvalue weighted by Gasteiger charge is 2.21. The molecule has 0 aliphatic rings. The second kappa shape index (κ2) is 10.2. The lowest BCUT2D eigenvalue weighted by Crippen LogP contribution is -2.35. The summed E-state index contributed by atoms with van der Waals surface area (Å²) in [5, 5.41) is 3.05. The Labute approximate surface area is 118 Å². The van der Waals surface area contributed by atoms with Gasteiger partial charge in [-0.3, -0.25) is 4.79 Å². The van der Waals surface area contributed by atoms with Crippen LogP contribution in [0.1, 0.15) is 59.3 Å². The van der Waals surface area contributed by atoms with E-state index in [1.165, 1.54) is 0 Å². The summed E-state index contributed by atoms with van der Waals surface area (Å²) in [4.78, 5) is 11.7. The molecule has 0 fully saturated rings. The lowest BCUT2D eigenvalue weighted by atomic mass is 9.82. The number of rotatable bonds is 11. The van der Waals surface area contributed by atoms with Crippen molar-refractivity contribution >= 4 is 5.91 Å². The van der Waals surface area contributed by atoms with Gasteiger partial charge in [0.15, 0.2) is 0 Å². The summed E-state index contributed by atoms with van der Waals surface area (Å²) in [7, 11) is 0. The normalized spacial score (nSPS) is 13.3. The van der Waals surface area contributed by atoms with Crippen molar-refractivity contribution in [2.75, 3.05) is 19.6 Å². The third-order valence-electron chi connectivity index (χ3n) is 3.43. The van der Waals surface area contributed by atoms with Gasteiger partial charge in [-0.1, -0.05) is 27.2 Å². The molecule has 1 unspecified atom stereocenters. The number of unbranched alkanes of at least 4 members (excludes halogenated alkanes) is 2. The van der Waals surface area contributed by atoms with Crippen molar-refractivity contribution in [1.82, 2.24) is 5.32 Å². The van der Waals surface area contributed by atoms with Gasteiger partial charge < -0.3 is 16.8 Å². The van der Waals surface area contributed by atoms with Crippen LogP contribution in [0.25, 0.3) is 0 Å². The summed E-state index contributed by atoms with van der Waals surface area (Å²) in [6.45, 7) is 8.84. The van der Waals surface area contributed by atoms with Gasteiger partial charge in [0.25, 0.3) is 0 Å². The minimum absolute atomic E-state index is 0.140. The van der Waals surface area contributed by atoms with Crippen LogP contribution in [0, 0.1) is 11.3 Å². The number of carbonyl (C=O) groups excluding carboxylic acids is 1. The monoisotopic (exact) mass is 271 g/mol. The second-order valence-corrected chi connectivity index (χ2v) is 6.43. The highest BCUT2D eigenvalue weighted by molar-refractivity contribution is 5.75. The first-order chi connectivity index (χ1) is 8.91. The summed E-state index contributed by atoms with van der Waals surface area (Å²) in [6, 6.07) is 0. The molecule has 4 nitrogen and oxygen atoms in total. The van der Waals surface area contributed by atoms with Gasteiger partial charge in [0, 0.05) is 13.0 Å². The third-order valence-corrected chi connectivity index (χ3v) is 3.43. The van der Waals surface area contributed by atoms with Crippen LogP contribution in [0.2, 0.25) is 0 Å². The molecular formula is C15H33N3O. The molecule has 1 amide bonds. The van der Waals surface area contributed by atoms with Crippen LogP contribution in [-0.4, -0.2) is 25.5 Å². The van der Waals surface area contributed by atoms with Crippen LogP contribution in [0.4, 0.5) is 0 Å². The van der Waals surface area contributed by atoms with E-state index in [-0.39, 0.29) is 11.3 Å². The van der Waals surface area contributed by atoms with Crippen LogP contribution >= 0.6 is 0 Å². The largest absolute Gasteiger partial charge is 0.356 e. The highest BCUT2D eigenvalue weighted by Crippen LogP contribution is 2.25. The molecule has 0 rings (SSSR count). The van der Waals surface area contributed by atoms with Crippen molar-refractivity contribution in [2.24, 2.45) is 22.8 Å². The third kappa shape index (κ3) is 11.0. The average molecular weight is 271 g/mol. The maximum Gasteiger partial charge on any atom is 0.220 e. The van der Waals surface area contributed by atoms with Crippen LogP contribution < -0.4 is 16.8 Å². The fourth-order valence-electron chi connectivity index (χ4n) is 2.43. The van der Waals surface area contributed by atoms with Crippen molar-refractivity contribution < 1.29 is 4.79 Å². The van der Waals surface area contributed by atoms with Crippen molar-refractivity contribution in [3.05, 3.63) is 0 Å². The number of amides is 1. The van der Waals surface area contributed by atoms with E-state index >= 15 is 0 Å². The molecule has 0 saturated carbocycles. The Kier molecular flexibility index (Phi) is 9.88. The van der Waals surface area contributed by atoms with Crippen LogP contribution in [0.3, 0.4) is 0 Å². The molecule has 114 valence electrons. The Morgan fingerprint density at radius 2 is 1.84 bits per heavy atom. The van der Waals surface area contributed by atoms with Crippen molar-refractivity contribution in [3.63, 3.8) is 0 Å². The maximum absolute atomic E-state index is 11.7. The van der Waals surface area contributed by atoms with E-state index in [0.717, 1.165) is 45.2 Å². The molecule has 0 radical (unpaired) electrons. The smallest absolute Gasteiger partial charge is 0.220 e. The first-order valence-corrected chi connectivity index (χ1v) is 7.58. The molecule has 0 aromatic carbocycles. The number of hydrogen-bond acceptors (Lipinski definition) is 3. The lowest BCUT2D eigenvalue weighted by molar-refractivity contribution is -0.121. The zero-order valence-corrected chi connectivity index (χ0v) is 13.0. The molecule has 0 aromatic heterocycles. The van der Waals surface area contributed by atoms with E-state index in [2.05, 4.69) is 26.1 Å². The number of carbonyl (C=O) groups is 1. The molecule has 19 heavy (non-hydrogen) atoms. The van der Waals surface area contributed by atoms with Gasteiger partial charge in [-0.25, -0.2) is 0 Å². The standard InChI is InChI=1S/C15H33N3O/c1-13(8-10-17)11-15(2,3)12-18-14(19)7-5-4-6-9-16/h13H,4-12,16-17H2,1-3H3,(H,18,19). The second-order valence-electron chi connectivity index (χ2n) is 6.43. The quantitative estimate of drug-likeness (QED) is 0.503. The predicted molar refractivity (Wildman–Crippen MR) is 81.8 cm³/mol. The van der Waals surface area contributed by atoms with Gasteiger partial charge in [-0.2, -0.15) is 0 Å². The zero-order valence-electron chi connectivity index (χ0n) is 13.0. The van der Waals surface area contributed by atoms with Crippen molar-refractivity contribution in [3.8, 4) is 0 Å². The molecule has 5 N–H and O–H groups in total. The molecule has 0 heterocycles. The average Bonchev–Trinajstić information content (AvgIpc) is 2.32. The Hall–Kier alpha value is -0.610. The van der Waals surface area contributed by atoms with Gasteiger partial charge in [-0.15, -0.1) is 0 Å². The Balaban J connectivity index is 3.79. The van der Waals surface area contributed by atoms with E-state index in [0.29, 0.717) is 18.9 Å². The van der Waals surface area contributed by atoms with Crippen LogP contribution in [0.15, 0.2) is 0 Å². The number of nitrogens with two attached hydrogens (primary N) is 2. The first-order valence-electron chi connectivity index (χ1n) is 7.58. The van der Waals surface area contributed by atoms with Crippen LogP contribution in [0.5, 0.6) is 0 Å². The van der Waals surface area contributed by atoms with E-state index in [9.17, 15) is 4.79 Å². The summed E-state index contributed by atoms with van der Waals surface area (Å²) in [5.41, 5.74) is 11.1. The Morgan fingerprint density at radius 3 is 2.42 bits per heavy atom. The SMILES string of the molecule is CC(CCN)CC(C)(C)CNC(=O)CCCCCN. The van der Waals surface area contributed by atoms with E-state index < -0.39 is 0 Å². The van der Waals surface area contributed by atoms with Crippen molar-refractivity contribution in [1.29, 1.82) is 0 Å². The van der Waals surface area contributed by atoms with Gasteiger partial charge in [0.1, 0.15) is 0 Å². The predicted octanol–water partition coefficient (Wildman–Crippen LogP) is 2.02. The molecule has 1 atom stereocenters. The minimum atomic E-state index is 0.140. The summed E-state index contributed by atoms with van der Waals surface area (Å²) in [6.07, 6.45) is 5.76. The minimum Gasteiger partial charge on any atom is -0.356 e. The number of nitrogens with one attached hydrogen (secondary N) is 1. The maximum atomic E-state index is 11.7. The molecule has 0 bridgehead atoms. The van der Waals surface area contributed by atoms with E-state index in [1.807, 2.05) is 0 Å². The molecular weight excluding hydrogens is 238 g/mol. The summed E-state index contributed by atoms with van der Waals surface area (Å²) < 4.78 is 0. The zero-order chi connectivity index (χ0) is 14.7. The van der Waals surface area contributed by atoms with Gasteiger partial charge in [-0.05, 0) is 50.1 Å². The molecule has 0 aliphatic heterocycles. The Bertz CT molecular complexity index is 242. The topological polar surface area (TPSA) is 81.1 Å². The highest BCUT2D eigenvalue weighted by atomic mass is 16.1. The fourth-order valence-corrected chi connectivity index (χ4v) is 2.43. The molecule has 0 spiro atoms. The molecule has 4 heteroatoms. The molecule has 0 aromatic rings. The lowest BCUT2D eigenvalue weighted by Gasteiger charge is -2.28. The summed E-state index contributed by atoms with van der Waals surface area (Å²) in [5.74, 6) is 0.776. The van der Waals surface area contributed by atoms with Crippen LogP contribution in [-0.2, 0) is 4.79 Å². The van der Waals surface area contributed by atoms with Gasteiger partial charge >= 0.3 is 0 Å². The van der Waals surface area contributed by atoms with Gasteiger partial charge in [0.2, 0.25) is 5.91 Å². The van der Waals surface area contributed by atoms with E-state index in [4.69, 9.17) is 11.5 Å². The van der Waals surface area contributed by atoms with E-state index in [1.54, 1.807) is 0 Å². The fraction of sp³-hybridized carbons (Fsp3) is 0.933.